The minimum atomic E-state index is -0.763. The van der Waals surface area contributed by atoms with Crippen LogP contribution < -0.4 is 5.32 Å². The molecule has 2 aliphatic rings. The molecule has 0 saturated carbocycles. The average molecular weight is 265 g/mol. The molecule has 1 aromatic rings. The highest BCUT2D eigenvalue weighted by molar-refractivity contribution is 7.99. The first kappa shape index (κ1) is 11.7. The molecule has 0 radical (unpaired) electrons. The molecule has 0 aliphatic carbocycles. The Morgan fingerprint density at radius 2 is 2.28 bits per heavy atom. The lowest BCUT2D eigenvalue weighted by Gasteiger charge is -2.41. The lowest BCUT2D eigenvalue weighted by atomic mass is 9.77. The Balaban J connectivity index is 2.06. The summed E-state index contributed by atoms with van der Waals surface area (Å²) in [6, 6.07) is 5.13. The van der Waals surface area contributed by atoms with Crippen LogP contribution in [0.4, 0.5) is 5.69 Å². The minimum Gasteiger partial charge on any atom is -0.508 e. The zero-order valence-corrected chi connectivity index (χ0v) is 10.6. The predicted octanol–water partition coefficient (Wildman–Crippen LogP) is 2.11. The average Bonchev–Trinajstić information content (AvgIpc) is 2.35. The van der Waals surface area contributed by atoms with Crippen molar-refractivity contribution in [1.82, 2.24) is 0 Å². The van der Waals surface area contributed by atoms with Crippen LogP contribution >= 0.6 is 11.8 Å². The van der Waals surface area contributed by atoms with E-state index in [1.807, 2.05) is 11.8 Å². The van der Waals surface area contributed by atoms with E-state index in [1.165, 1.54) is 0 Å². The highest BCUT2D eigenvalue weighted by atomic mass is 32.2. The first-order valence-electron chi connectivity index (χ1n) is 6.07. The normalized spacial score (nSPS) is 29.9. The fourth-order valence-electron chi connectivity index (χ4n) is 2.95. The molecule has 1 saturated heterocycles. The van der Waals surface area contributed by atoms with E-state index in [0.29, 0.717) is 0 Å². The van der Waals surface area contributed by atoms with Gasteiger partial charge in [-0.1, -0.05) is 6.07 Å². The number of fused-ring (bicyclic) bond motifs is 2. The number of hydrogen-bond acceptors (Lipinski definition) is 4. The van der Waals surface area contributed by atoms with Crippen molar-refractivity contribution < 1.29 is 15.0 Å². The number of benzene rings is 1. The van der Waals surface area contributed by atoms with Crippen molar-refractivity contribution >= 4 is 23.4 Å². The van der Waals surface area contributed by atoms with Gasteiger partial charge in [-0.05, 0) is 29.6 Å². The summed E-state index contributed by atoms with van der Waals surface area (Å²) in [6.07, 6.45) is 0.980. The summed E-state index contributed by atoms with van der Waals surface area (Å²) >= 11 is 1.83. The fourth-order valence-corrected chi connectivity index (χ4v) is 4.24. The zero-order valence-electron chi connectivity index (χ0n) is 9.80. The smallest absolute Gasteiger partial charge is 0.311 e. The van der Waals surface area contributed by atoms with Gasteiger partial charge in [0.1, 0.15) is 5.75 Å². The minimum absolute atomic E-state index is 0.137. The summed E-state index contributed by atoms with van der Waals surface area (Å²) in [5, 5.41) is 22.4. The highest BCUT2D eigenvalue weighted by Crippen LogP contribution is 2.44. The SMILES string of the molecule is O=C(O)C1c2ccc(O)cc2NC2CCSCC21. The summed E-state index contributed by atoms with van der Waals surface area (Å²) in [5.41, 5.74) is 1.57. The summed E-state index contributed by atoms with van der Waals surface area (Å²) in [5.74, 6) is 1.04. The van der Waals surface area contributed by atoms with Gasteiger partial charge in [-0.25, -0.2) is 0 Å². The van der Waals surface area contributed by atoms with Gasteiger partial charge in [0.2, 0.25) is 0 Å². The van der Waals surface area contributed by atoms with Gasteiger partial charge in [0.25, 0.3) is 0 Å². The van der Waals surface area contributed by atoms with Crippen LogP contribution in [-0.4, -0.2) is 33.7 Å². The zero-order chi connectivity index (χ0) is 12.7. The maximum absolute atomic E-state index is 11.6. The summed E-state index contributed by atoms with van der Waals surface area (Å²) in [4.78, 5) is 11.6. The van der Waals surface area contributed by atoms with E-state index in [0.717, 1.165) is 29.2 Å². The van der Waals surface area contributed by atoms with Gasteiger partial charge in [0, 0.05) is 23.7 Å². The van der Waals surface area contributed by atoms with E-state index in [2.05, 4.69) is 5.32 Å². The van der Waals surface area contributed by atoms with E-state index in [9.17, 15) is 15.0 Å². The van der Waals surface area contributed by atoms with Crippen molar-refractivity contribution in [3.8, 4) is 5.75 Å². The maximum atomic E-state index is 11.6. The van der Waals surface area contributed by atoms with Gasteiger partial charge in [-0.3, -0.25) is 4.79 Å². The molecule has 0 bridgehead atoms. The predicted molar refractivity (Wildman–Crippen MR) is 71.3 cm³/mol. The first-order valence-corrected chi connectivity index (χ1v) is 7.22. The Kier molecular flexibility index (Phi) is 2.86. The Morgan fingerprint density at radius 1 is 1.44 bits per heavy atom. The molecule has 3 rings (SSSR count). The Bertz CT molecular complexity index is 491. The van der Waals surface area contributed by atoms with Gasteiger partial charge in [-0.15, -0.1) is 0 Å². The van der Waals surface area contributed by atoms with Crippen LogP contribution in [-0.2, 0) is 4.79 Å². The van der Waals surface area contributed by atoms with Crippen LogP contribution in [0.25, 0.3) is 0 Å². The third-order valence-electron chi connectivity index (χ3n) is 3.81. The van der Waals surface area contributed by atoms with Crippen LogP contribution in [0.5, 0.6) is 5.75 Å². The van der Waals surface area contributed by atoms with Gasteiger partial charge in [0.05, 0.1) is 5.92 Å². The number of aliphatic carboxylic acids is 1. The third kappa shape index (κ3) is 1.82. The molecule has 3 N–H and O–H groups in total. The van der Waals surface area contributed by atoms with Crippen molar-refractivity contribution in [2.75, 3.05) is 16.8 Å². The molecule has 4 nitrogen and oxygen atoms in total. The molecular weight excluding hydrogens is 250 g/mol. The molecule has 2 heterocycles. The van der Waals surface area contributed by atoms with E-state index in [1.54, 1.807) is 18.2 Å². The summed E-state index contributed by atoms with van der Waals surface area (Å²) < 4.78 is 0. The summed E-state index contributed by atoms with van der Waals surface area (Å²) in [6.45, 7) is 0. The number of phenols is 1. The molecule has 0 amide bonds. The van der Waals surface area contributed by atoms with Gasteiger partial charge in [0.15, 0.2) is 0 Å². The van der Waals surface area contributed by atoms with E-state index in [-0.39, 0.29) is 17.7 Å². The molecule has 1 aromatic carbocycles. The van der Waals surface area contributed by atoms with Crippen molar-refractivity contribution in [1.29, 1.82) is 0 Å². The molecule has 0 spiro atoms. The monoisotopic (exact) mass is 265 g/mol. The first-order chi connectivity index (χ1) is 8.66. The number of hydrogen-bond donors (Lipinski definition) is 3. The topological polar surface area (TPSA) is 69.6 Å². The van der Waals surface area contributed by atoms with Crippen LogP contribution in [0.1, 0.15) is 17.9 Å². The molecular formula is C13H15NO3S. The number of anilines is 1. The number of thioether (sulfide) groups is 1. The van der Waals surface area contributed by atoms with Crippen LogP contribution in [0.2, 0.25) is 0 Å². The molecule has 2 aliphatic heterocycles. The van der Waals surface area contributed by atoms with Gasteiger partial charge in [-0.2, -0.15) is 11.8 Å². The fraction of sp³-hybridized carbons (Fsp3) is 0.462. The van der Waals surface area contributed by atoms with Crippen LogP contribution in [0, 0.1) is 5.92 Å². The van der Waals surface area contributed by atoms with Crippen molar-refractivity contribution in [2.24, 2.45) is 5.92 Å². The Labute approximate surface area is 109 Å². The number of carboxylic acid groups (broad SMARTS) is 1. The second kappa shape index (κ2) is 4.39. The number of carboxylic acids is 1. The number of phenolic OH excluding ortho intramolecular Hbond substituents is 1. The quantitative estimate of drug-likeness (QED) is 0.725. The lowest BCUT2D eigenvalue weighted by Crippen LogP contribution is -2.44. The standard InChI is InChI=1S/C13H15NO3S/c15-7-1-2-8-11(5-7)14-10-3-4-18-6-9(10)12(8)13(16)17/h1-2,5,9-10,12,14-15H,3-4,6H2,(H,16,17). The van der Waals surface area contributed by atoms with Gasteiger partial charge < -0.3 is 15.5 Å². The molecule has 0 aromatic heterocycles. The second-order valence-electron chi connectivity index (χ2n) is 4.87. The van der Waals surface area contributed by atoms with Crippen LogP contribution in [0.15, 0.2) is 18.2 Å². The van der Waals surface area contributed by atoms with Crippen molar-refractivity contribution in [2.45, 2.75) is 18.4 Å². The summed E-state index contributed by atoms with van der Waals surface area (Å²) in [7, 11) is 0. The Hall–Kier alpha value is -1.36. The third-order valence-corrected chi connectivity index (χ3v) is 4.95. The highest BCUT2D eigenvalue weighted by Gasteiger charge is 2.42. The molecule has 96 valence electrons. The van der Waals surface area contributed by atoms with Gasteiger partial charge >= 0.3 is 5.97 Å². The van der Waals surface area contributed by atoms with E-state index < -0.39 is 11.9 Å². The molecule has 3 atom stereocenters. The largest absolute Gasteiger partial charge is 0.508 e. The molecule has 3 unspecified atom stereocenters. The van der Waals surface area contributed by atoms with Crippen LogP contribution in [0.3, 0.4) is 0 Å². The molecule has 18 heavy (non-hydrogen) atoms. The second-order valence-corrected chi connectivity index (χ2v) is 6.02. The van der Waals surface area contributed by atoms with Crippen molar-refractivity contribution in [3.05, 3.63) is 23.8 Å². The number of carbonyl (C=O) groups is 1. The van der Waals surface area contributed by atoms with Crippen molar-refractivity contribution in [3.63, 3.8) is 0 Å². The number of rotatable bonds is 1. The number of aromatic hydroxyl groups is 1. The lowest BCUT2D eigenvalue weighted by molar-refractivity contribution is -0.140. The Morgan fingerprint density at radius 3 is 3.06 bits per heavy atom. The van der Waals surface area contributed by atoms with E-state index in [4.69, 9.17) is 0 Å². The van der Waals surface area contributed by atoms with E-state index >= 15 is 0 Å². The molecule has 5 heteroatoms. The maximum Gasteiger partial charge on any atom is 0.311 e. The molecule has 1 fully saturated rings. The number of nitrogens with one attached hydrogen (secondary N) is 1.